The van der Waals surface area contributed by atoms with E-state index < -0.39 is 0 Å². The normalized spacial score (nSPS) is 12.4. The average molecular weight is 316 g/mol. The van der Waals surface area contributed by atoms with E-state index in [4.69, 9.17) is 16.2 Å². The summed E-state index contributed by atoms with van der Waals surface area (Å²) in [5, 5.41) is 3.33. The molecule has 1 unspecified atom stereocenters. The lowest BCUT2D eigenvalue weighted by Crippen LogP contribution is -2.36. The lowest BCUT2D eigenvalue weighted by Gasteiger charge is -2.21. The van der Waals surface area contributed by atoms with Crippen LogP contribution in [0.2, 0.25) is 0 Å². The summed E-state index contributed by atoms with van der Waals surface area (Å²) >= 11 is 3.62. The molecule has 4 nitrogen and oxygen atoms in total. The molecule has 0 aliphatic heterocycles. The van der Waals surface area contributed by atoms with Crippen molar-refractivity contribution in [1.29, 1.82) is 0 Å². The van der Waals surface area contributed by atoms with Gasteiger partial charge in [0.1, 0.15) is 5.75 Å². The molecule has 18 heavy (non-hydrogen) atoms. The molecule has 0 fully saturated rings. The Balaban J connectivity index is 3.16. The van der Waals surface area contributed by atoms with E-state index in [9.17, 15) is 0 Å². The minimum absolute atomic E-state index is 0.0607. The van der Waals surface area contributed by atoms with Crippen LogP contribution in [0.4, 0.5) is 5.69 Å². The number of hydrogen-bond donors (Lipinski definition) is 3. The Hall–Kier alpha value is -0.780. The molecule has 0 amide bonds. The Bertz CT molecular complexity index is 435. The van der Waals surface area contributed by atoms with E-state index in [1.807, 2.05) is 6.92 Å². The SMILES string of the molecule is COc1c(C)c(C)c(Br)c(C)c1NCC(N)CN. The number of nitrogens with two attached hydrogens (primary N) is 2. The van der Waals surface area contributed by atoms with Crippen LogP contribution in [0.1, 0.15) is 16.7 Å². The third-order valence-corrected chi connectivity index (χ3v) is 4.40. The summed E-state index contributed by atoms with van der Waals surface area (Å²) in [6.07, 6.45) is 0. The maximum atomic E-state index is 5.83. The highest BCUT2D eigenvalue weighted by molar-refractivity contribution is 9.10. The van der Waals surface area contributed by atoms with E-state index in [-0.39, 0.29) is 6.04 Å². The smallest absolute Gasteiger partial charge is 0.145 e. The van der Waals surface area contributed by atoms with Gasteiger partial charge in [0.05, 0.1) is 12.8 Å². The molecule has 0 heterocycles. The summed E-state index contributed by atoms with van der Waals surface area (Å²) in [5.41, 5.74) is 15.8. The molecular formula is C13H22BrN3O. The highest BCUT2D eigenvalue weighted by Crippen LogP contribution is 2.39. The van der Waals surface area contributed by atoms with E-state index >= 15 is 0 Å². The second-order valence-electron chi connectivity index (χ2n) is 4.47. The van der Waals surface area contributed by atoms with Crippen molar-refractivity contribution >= 4 is 21.6 Å². The zero-order valence-corrected chi connectivity index (χ0v) is 13.0. The summed E-state index contributed by atoms with van der Waals surface area (Å²) < 4.78 is 6.60. The van der Waals surface area contributed by atoms with Gasteiger partial charge < -0.3 is 21.5 Å². The molecule has 102 valence electrons. The number of anilines is 1. The lowest BCUT2D eigenvalue weighted by molar-refractivity contribution is 0.412. The van der Waals surface area contributed by atoms with Crippen molar-refractivity contribution in [3.63, 3.8) is 0 Å². The fraction of sp³-hybridized carbons (Fsp3) is 0.538. The fourth-order valence-electron chi connectivity index (χ4n) is 1.87. The highest BCUT2D eigenvalue weighted by atomic mass is 79.9. The van der Waals surface area contributed by atoms with Crippen molar-refractivity contribution in [2.75, 3.05) is 25.5 Å². The lowest BCUT2D eigenvalue weighted by atomic mass is 10.0. The topological polar surface area (TPSA) is 73.3 Å². The Morgan fingerprint density at radius 1 is 1.22 bits per heavy atom. The van der Waals surface area contributed by atoms with E-state index in [1.54, 1.807) is 7.11 Å². The van der Waals surface area contributed by atoms with Gasteiger partial charge in [0.2, 0.25) is 0 Å². The Labute approximate surface area is 117 Å². The predicted octanol–water partition coefficient (Wildman–Crippen LogP) is 2.08. The van der Waals surface area contributed by atoms with Crippen LogP contribution in [0, 0.1) is 20.8 Å². The van der Waals surface area contributed by atoms with Gasteiger partial charge in [-0.1, -0.05) is 15.9 Å². The van der Waals surface area contributed by atoms with Crippen molar-refractivity contribution < 1.29 is 4.74 Å². The maximum Gasteiger partial charge on any atom is 0.145 e. The molecule has 0 radical (unpaired) electrons. The number of ether oxygens (including phenoxy) is 1. The van der Waals surface area contributed by atoms with Crippen LogP contribution in [0.25, 0.3) is 0 Å². The number of hydrogen-bond acceptors (Lipinski definition) is 4. The molecule has 0 aliphatic carbocycles. The fourth-order valence-corrected chi connectivity index (χ4v) is 2.36. The van der Waals surface area contributed by atoms with Gasteiger partial charge in [-0.15, -0.1) is 0 Å². The van der Waals surface area contributed by atoms with Crippen molar-refractivity contribution in [2.45, 2.75) is 26.8 Å². The molecular weight excluding hydrogens is 294 g/mol. The summed E-state index contributed by atoms with van der Waals surface area (Å²) in [6, 6.07) is -0.0607. The van der Waals surface area contributed by atoms with Gasteiger partial charge in [-0.05, 0) is 37.5 Å². The summed E-state index contributed by atoms with van der Waals surface area (Å²) in [5.74, 6) is 0.873. The van der Waals surface area contributed by atoms with E-state index in [1.165, 1.54) is 5.56 Å². The van der Waals surface area contributed by atoms with Gasteiger partial charge >= 0.3 is 0 Å². The van der Waals surface area contributed by atoms with Gasteiger partial charge in [-0.2, -0.15) is 0 Å². The Kier molecular flexibility index (Phi) is 5.44. The number of halogens is 1. The molecule has 1 aromatic carbocycles. The number of nitrogens with one attached hydrogen (secondary N) is 1. The van der Waals surface area contributed by atoms with Gasteiger partial charge in [0, 0.05) is 23.6 Å². The third kappa shape index (κ3) is 2.96. The maximum absolute atomic E-state index is 5.83. The van der Waals surface area contributed by atoms with Gasteiger partial charge in [0.15, 0.2) is 0 Å². The molecule has 1 aromatic rings. The molecule has 0 spiro atoms. The van der Waals surface area contributed by atoms with Crippen LogP contribution < -0.4 is 21.5 Å². The van der Waals surface area contributed by atoms with Crippen LogP contribution in [0.5, 0.6) is 5.75 Å². The van der Waals surface area contributed by atoms with Crippen LogP contribution in [0.3, 0.4) is 0 Å². The van der Waals surface area contributed by atoms with Gasteiger partial charge in [0.25, 0.3) is 0 Å². The van der Waals surface area contributed by atoms with E-state index in [2.05, 4.69) is 35.1 Å². The molecule has 1 rings (SSSR count). The minimum Gasteiger partial charge on any atom is -0.494 e. The standard InChI is InChI=1S/C13H22BrN3O/c1-7-8(2)13(18-4)12(9(3)11(7)14)17-6-10(16)5-15/h10,17H,5-6,15-16H2,1-4H3. The van der Waals surface area contributed by atoms with Crippen LogP contribution in [-0.2, 0) is 0 Å². The number of benzene rings is 1. The first-order valence-electron chi connectivity index (χ1n) is 5.96. The van der Waals surface area contributed by atoms with E-state index in [0.717, 1.165) is 27.0 Å². The predicted molar refractivity (Wildman–Crippen MR) is 80.4 cm³/mol. The molecule has 5 N–H and O–H groups in total. The molecule has 5 heteroatoms. The van der Waals surface area contributed by atoms with Crippen LogP contribution >= 0.6 is 15.9 Å². The molecule has 1 atom stereocenters. The Morgan fingerprint density at radius 3 is 2.33 bits per heavy atom. The first-order chi connectivity index (χ1) is 8.43. The second-order valence-corrected chi connectivity index (χ2v) is 5.27. The highest BCUT2D eigenvalue weighted by Gasteiger charge is 2.16. The first-order valence-corrected chi connectivity index (χ1v) is 6.76. The largest absolute Gasteiger partial charge is 0.494 e. The zero-order valence-electron chi connectivity index (χ0n) is 11.4. The van der Waals surface area contributed by atoms with Crippen molar-refractivity contribution in [1.82, 2.24) is 0 Å². The summed E-state index contributed by atoms with van der Waals surface area (Å²) in [7, 11) is 1.68. The van der Waals surface area contributed by atoms with Crippen LogP contribution in [-0.4, -0.2) is 26.2 Å². The summed E-state index contributed by atoms with van der Waals surface area (Å²) in [4.78, 5) is 0. The van der Waals surface area contributed by atoms with Crippen molar-refractivity contribution in [3.05, 3.63) is 21.2 Å². The third-order valence-electron chi connectivity index (χ3n) is 3.21. The summed E-state index contributed by atoms with van der Waals surface area (Å²) in [6.45, 7) is 7.26. The number of rotatable bonds is 5. The monoisotopic (exact) mass is 315 g/mol. The zero-order chi connectivity index (χ0) is 13.9. The first kappa shape index (κ1) is 15.3. The number of methoxy groups -OCH3 is 1. The molecule has 0 aliphatic rings. The molecule has 0 bridgehead atoms. The molecule has 0 saturated carbocycles. The van der Waals surface area contributed by atoms with Gasteiger partial charge in [-0.3, -0.25) is 0 Å². The Morgan fingerprint density at radius 2 is 1.83 bits per heavy atom. The minimum atomic E-state index is -0.0607. The van der Waals surface area contributed by atoms with Crippen molar-refractivity contribution in [2.24, 2.45) is 11.5 Å². The second kappa shape index (κ2) is 6.41. The molecule has 0 aromatic heterocycles. The van der Waals surface area contributed by atoms with Crippen LogP contribution in [0.15, 0.2) is 4.47 Å². The van der Waals surface area contributed by atoms with Crippen molar-refractivity contribution in [3.8, 4) is 5.75 Å². The van der Waals surface area contributed by atoms with E-state index in [0.29, 0.717) is 13.1 Å². The molecule has 0 saturated heterocycles. The quantitative estimate of drug-likeness (QED) is 0.778. The van der Waals surface area contributed by atoms with Gasteiger partial charge in [-0.25, -0.2) is 0 Å². The average Bonchev–Trinajstić information content (AvgIpc) is 2.38.